The topological polar surface area (TPSA) is 38.7 Å². The van der Waals surface area contributed by atoms with Gasteiger partial charge in [0.2, 0.25) is 0 Å². The van der Waals surface area contributed by atoms with Crippen molar-refractivity contribution in [2.75, 3.05) is 6.61 Å². The second-order valence-corrected chi connectivity index (χ2v) is 1.75. The van der Waals surface area contributed by atoms with Gasteiger partial charge in [0.25, 0.3) is 0 Å². The van der Waals surface area contributed by atoms with Gasteiger partial charge in [0.1, 0.15) is 0 Å². The zero-order valence-corrected chi connectivity index (χ0v) is 4.54. The summed E-state index contributed by atoms with van der Waals surface area (Å²) >= 11 is 0. The quantitative estimate of drug-likeness (QED) is 0.539. The fourth-order valence-corrected chi connectivity index (χ4v) is 0.647. The van der Waals surface area contributed by atoms with Crippen LogP contribution in [-0.2, 0) is 9.78 Å². The van der Waals surface area contributed by atoms with Crippen LogP contribution in [0.2, 0.25) is 0 Å². The highest BCUT2D eigenvalue weighted by molar-refractivity contribution is 4.62. The first-order valence-corrected chi connectivity index (χ1v) is 2.67. The van der Waals surface area contributed by atoms with Crippen LogP contribution in [-0.4, -0.2) is 17.8 Å². The van der Waals surface area contributed by atoms with E-state index in [4.69, 9.17) is 9.99 Å². The summed E-state index contributed by atoms with van der Waals surface area (Å²) in [5, 5.41) is 8.27. The molecule has 0 aromatic heterocycles. The van der Waals surface area contributed by atoms with E-state index in [1.807, 2.05) is 0 Å². The lowest BCUT2D eigenvalue weighted by Crippen LogP contribution is -2.03. The highest BCUT2D eigenvalue weighted by Gasteiger charge is 2.15. The molecule has 3 heteroatoms. The second-order valence-electron chi connectivity index (χ2n) is 1.75. The molecule has 1 aliphatic heterocycles. The predicted octanol–water partition coefficient (Wildman–Crippen LogP) is 0.631. The van der Waals surface area contributed by atoms with Crippen molar-refractivity contribution in [1.82, 2.24) is 0 Å². The lowest BCUT2D eigenvalue weighted by Gasteiger charge is -2.00. The third-order valence-corrected chi connectivity index (χ3v) is 1.10. The summed E-state index contributed by atoms with van der Waals surface area (Å²) in [5.41, 5.74) is 0. The predicted molar refractivity (Wildman–Crippen MR) is 26.3 cm³/mol. The van der Waals surface area contributed by atoms with Crippen LogP contribution in [0, 0.1) is 6.61 Å². The molecule has 1 heterocycles. The van der Waals surface area contributed by atoms with Gasteiger partial charge in [0, 0.05) is 12.8 Å². The Kier molecular flexibility index (Phi) is 2.27. The standard InChI is InChI=1S/C5H9O3/c6-3-1-5-2-4-7-8-5/h3,5-6H,1-2,4H2. The molecular formula is C5H9O3. The molecule has 0 spiro atoms. The Bertz CT molecular complexity index is 58.7. The summed E-state index contributed by atoms with van der Waals surface area (Å²) in [5.74, 6) is 0. The summed E-state index contributed by atoms with van der Waals surface area (Å²) < 4.78 is 0. The SMILES string of the molecule is O[CH]CC1CCOO1. The maximum atomic E-state index is 8.27. The van der Waals surface area contributed by atoms with Crippen LogP contribution in [0.15, 0.2) is 0 Å². The molecule has 1 unspecified atom stereocenters. The summed E-state index contributed by atoms with van der Waals surface area (Å²) in [6, 6.07) is 0. The number of rotatable bonds is 2. The van der Waals surface area contributed by atoms with Crippen LogP contribution in [0.5, 0.6) is 0 Å². The van der Waals surface area contributed by atoms with Crippen molar-refractivity contribution < 1.29 is 14.9 Å². The molecule has 0 amide bonds. The van der Waals surface area contributed by atoms with Crippen molar-refractivity contribution in [3.8, 4) is 0 Å². The van der Waals surface area contributed by atoms with Crippen molar-refractivity contribution in [2.24, 2.45) is 0 Å². The van der Waals surface area contributed by atoms with Gasteiger partial charge in [0.05, 0.1) is 19.3 Å². The van der Waals surface area contributed by atoms with Gasteiger partial charge in [-0.3, -0.25) is 0 Å². The van der Waals surface area contributed by atoms with Crippen LogP contribution in [0.1, 0.15) is 12.8 Å². The van der Waals surface area contributed by atoms with Crippen LogP contribution >= 0.6 is 0 Å². The van der Waals surface area contributed by atoms with Gasteiger partial charge >= 0.3 is 0 Å². The van der Waals surface area contributed by atoms with E-state index in [1.165, 1.54) is 0 Å². The molecule has 47 valence electrons. The molecule has 0 aliphatic carbocycles. The minimum Gasteiger partial charge on any atom is -0.390 e. The molecule has 1 fully saturated rings. The second kappa shape index (κ2) is 3.02. The number of hydrogen-bond acceptors (Lipinski definition) is 3. The molecule has 1 radical (unpaired) electrons. The lowest BCUT2D eigenvalue weighted by molar-refractivity contribution is -0.274. The third kappa shape index (κ3) is 1.43. The molecular weight excluding hydrogens is 108 g/mol. The van der Waals surface area contributed by atoms with Crippen molar-refractivity contribution in [3.05, 3.63) is 6.61 Å². The normalized spacial score (nSPS) is 28.9. The zero-order valence-electron chi connectivity index (χ0n) is 4.54. The van der Waals surface area contributed by atoms with Gasteiger partial charge in [-0.1, -0.05) is 0 Å². The largest absolute Gasteiger partial charge is 0.390 e. The van der Waals surface area contributed by atoms with Crippen molar-refractivity contribution in [3.63, 3.8) is 0 Å². The van der Waals surface area contributed by atoms with Gasteiger partial charge in [0.15, 0.2) is 0 Å². The molecule has 1 aliphatic rings. The Balaban J connectivity index is 2.06. The van der Waals surface area contributed by atoms with Gasteiger partial charge in [-0.25, -0.2) is 9.78 Å². The summed E-state index contributed by atoms with van der Waals surface area (Å²) in [6.07, 6.45) is 1.54. The van der Waals surface area contributed by atoms with Gasteiger partial charge < -0.3 is 5.11 Å². The van der Waals surface area contributed by atoms with Gasteiger partial charge in [-0.15, -0.1) is 0 Å². The number of aliphatic hydroxyl groups excluding tert-OH is 1. The van der Waals surface area contributed by atoms with Crippen LogP contribution in [0.4, 0.5) is 0 Å². The average Bonchev–Trinajstić information content (AvgIpc) is 2.19. The third-order valence-electron chi connectivity index (χ3n) is 1.10. The summed E-state index contributed by atoms with van der Waals surface area (Å²) in [4.78, 5) is 9.28. The van der Waals surface area contributed by atoms with E-state index in [1.54, 1.807) is 0 Å². The Labute approximate surface area is 48.1 Å². The highest BCUT2D eigenvalue weighted by atomic mass is 17.2. The van der Waals surface area contributed by atoms with Crippen molar-refractivity contribution in [1.29, 1.82) is 0 Å². The molecule has 1 atom stereocenters. The van der Waals surface area contributed by atoms with E-state index in [0.29, 0.717) is 13.0 Å². The van der Waals surface area contributed by atoms with Crippen molar-refractivity contribution in [2.45, 2.75) is 18.9 Å². The van der Waals surface area contributed by atoms with E-state index >= 15 is 0 Å². The highest BCUT2D eigenvalue weighted by Crippen LogP contribution is 2.12. The first-order chi connectivity index (χ1) is 3.93. The molecule has 0 saturated carbocycles. The van der Waals surface area contributed by atoms with Gasteiger partial charge in [-0.05, 0) is 0 Å². The zero-order chi connectivity index (χ0) is 5.82. The number of hydrogen-bond donors (Lipinski definition) is 1. The van der Waals surface area contributed by atoms with Crippen LogP contribution in [0.3, 0.4) is 0 Å². The van der Waals surface area contributed by atoms with Crippen molar-refractivity contribution >= 4 is 0 Å². The van der Waals surface area contributed by atoms with E-state index in [9.17, 15) is 0 Å². The molecule has 1 saturated heterocycles. The molecule has 3 nitrogen and oxygen atoms in total. The monoisotopic (exact) mass is 117 g/mol. The summed E-state index contributed by atoms with van der Waals surface area (Å²) in [7, 11) is 0. The van der Waals surface area contributed by atoms with E-state index in [-0.39, 0.29) is 6.10 Å². The molecule has 0 aromatic carbocycles. The Hall–Kier alpha value is -0.120. The smallest absolute Gasteiger partial charge is 0.0978 e. The maximum absolute atomic E-state index is 8.27. The molecule has 1 N–H and O–H groups in total. The molecule has 1 rings (SSSR count). The minimum absolute atomic E-state index is 0.0833. The number of aliphatic hydroxyl groups is 1. The Morgan fingerprint density at radius 1 is 1.75 bits per heavy atom. The average molecular weight is 117 g/mol. The first kappa shape index (κ1) is 6.01. The van der Waals surface area contributed by atoms with Gasteiger partial charge in [-0.2, -0.15) is 0 Å². The molecule has 8 heavy (non-hydrogen) atoms. The lowest BCUT2D eigenvalue weighted by atomic mass is 10.2. The van der Waals surface area contributed by atoms with E-state index in [2.05, 4.69) is 4.89 Å². The summed E-state index contributed by atoms with van der Waals surface area (Å²) in [6.45, 7) is 1.75. The Morgan fingerprint density at radius 2 is 2.62 bits per heavy atom. The maximum Gasteiger partial charge on any atom is 0.0978 e. The molecule has 0 aromatic rings. The Morgan fingerprint density at radius 3 is 3.12 bits per heavy atom. The van der Waals surface area contributed by atoms with E-state index in [0.717, 1.165) is 13.0 Å². The van der Waals surface area contributed by atoms with E-state index < -0.39 is 0 Å². The van der Waals surface area contributed by atoms with Crippen LogP contribution < -0.4 is 0 Å². The van der Waals surface area contributed by atoms with Crippen LogP contribution in [0.25, 0.3) is 0 Å². The fraction of sp³-hybridized carbons (Fsp3) is 0.800. The fourth-order valence-electron chi connectivity index (χ4n) is 0.647. The first-order valence-electron chi connectivity index (χ1n) is 2.67. The molecule has 0 bridgehead atoms. The minimum atomic E-state index is 0.0833.